The van der Waals surface area contributed by atoms with Crippen LogP contribution in [0.1, 0.15) is 34.6 Å². The summed E-state index contributed by atoms with van der Waals surface area (Å²) in [6, 6.07) is 10.0. The number of pyridine rings is 1. The van der Waals surface area contributed by atoms with Gasteiger partial charge >= 0.3 is 0 Å². The van der Waals surface area contributed by atoms with Crippen molar-refractivity contribution in [3.63, 3.8) is 0 Å². The van der Waals surface area contributed by atoms with Crippen molar-refractivity contribution in [1.82, 2.24) is 4.57 Å². The van der Waals surface area contributed by atoms with Crippen LogP contribution in [-0.2, 0) is 11.3 Å². The number of benzene rings is 1. The van der Waals surface area contributed by atoms with Crippen molar-refractivity contribution < 1.29 is 19.4 Å². The molecular formula is C20H23NO5. The first kappa shape index (κ1) is 18.4. The number of aromatic nitrogens is 1. The molecule has 6 nitrogen and oxygen atoms in total. The molecule has 6 heteroatoms. The van der Waals surface area contributed by atoms with Crippen LogP contribution < -0.4 is 10.2 Å². The predicted molar refractivity (Wildman–Crippen MR) is 96.6 cm³/mol. The standard InChI is InChI=1S/C20H23NO5/c1-13-6-16(22)7-14(2)21(13)11-20(24)15-4-3-5-18(8-15)25-12-26-19-9-17(23)10-19/h3-8,17,19,23H,9-12H2,1-2H3. The molecule has 2 aromatic rings. The Bertz CT molecular complexity index is 825. The lowest BCUT2D eigenvalue weighted by Gasteiger charge is -2.30. The summed E-state index contributed by atoms with van der Waals surface area (Å²) in [5.41, 5.74) is 2.00. The number of carbonyl (C=O) groups excluding carboxylic acids is 1. The molecule has 1 aliphatic carbocycles. The van der Waals surface area contributed by atoms with Crippen molar-refractivity contribution in [1.29, 1.82) is 0 Å². The summed E-state index contributed by atoms with van der Waals surface area (Å²) in [6.07, 6.45) is 1.06. The van der Waals surface area contributed by atoms with E-state index >= 15 is 0 Å². The molecule has 1 heterocycles. The third kappa shape index (κ3) is 4.39. The molecule has 1 N–H and O–H groups in total. The average molecular weight is 357 g/mol. The third-order valence-electron chi connectivity index (χ3n) is 4.61. The van der Waals surface area contributed by atoms with E-state index < -0.39 is 0 Å². The predicted octanol–water partition coefficient (Wildman–Crippen LogP) is 2.22. The van der Waals surface area contributed by atoms with Crippen LogP contribution in [0.25, 0.3) is 0 Å². The van der Waals surface area contributed by atoms with Gasteiger partial charge in [-0.15, -0.1) is 0 Å². The average Bonchev–Trinajstić information content (AvgIpc) is 2.56. The molecular weight excluding hydrogens is 334 g/mol. The summed E-state index contributed by atoms with van der Waals surface area (Å²) in [6.45, 7) is 3.89. The molecule has 138 valence electrons. The van der Waals surface area contributed by atoms with Gasteiger partial charge in [-0.2, -0.15) is 0 Å². The summed E-state index contributed by atoms with van der Waals surface area (Å²) in [5, 5.41) is 9.23. The van der Waals surface area contributed by atoms with Gasteiger partial charge < -0.3 is 19.1 Å². The quantitative estimate of drug-likeness (QED) is 0.607. The molecule has 0 bridgehead atoms. The lowest BCUT2D eigenvalue weighted by Crippen LogP contribution is -2.36. The zero-order chi connectivity index (χ0) is 18.7. The second-order valence-corrected chi connectivity index (χ2v) is 6.69. The summed E-state index contributed by atoms with van der Waals surface area (Å²) >= 11 is 0. The Morgan fingerprint density at radius 1 is 1.19 bits per heavy atom. The van der Waals surface area contributed by atoms with E-state index in [1.807, 2.05) is 18.4 Å². The Balaban J connectivity index is 1.62. The molecule has 1 fully saturated rings. The number of hydrogen-bond donors (Lipinski definition) is 1. The number of ether oxygens (including phenoxy) is 2. The number of rotatable bonds is 7. The molecule has 0 atom stereocenters. The van der Waals surface area contributed by atoms with Crippen molar-refractivity contribution in [2.45, 2.75) is 45.4 Å². The minimum absolute atomic E-state index is 0.0427. The van der Waals surface area contributed by atoms with Gasteiger partial charge in [0.1, 0.15) is 5.75 Å². The fourth-order valence-corrected chi connectivity index (χ4v) is 3.00. The van der Waals surface area contributed by atoms with E-state index in [0.29, 0.717) is 24.2 Å². The Labute approximate surface area is 152 Å². The van der Waals surface area contributed by atoms with Gasteiger partial charge in [0.25, 0.3) is 0 Å². The molecule has 26 heavy (non-hydrogen) atoms. The zero-order valence-electron chi connectivity index (χ0n) is 15.0. The molecule has 0 radical (unpaired) electrons. The molecule has 0 unspecified atom stereocenters. The first-order valence-corrected chi connectivity index (χ1v) is 8.66. The number of aliphatic hydroxyl groups is 1. The highest BCUT2D eigenvalue weighted by Crippen LogP contribution is 2.23. The molecule has 3 rings (SSSR count). The molecule has 0 aliphatic heterocycles. The van der Waals surface area contributed by atoms with Crippen LogP contribution in [0.2, 0.25) is 0 Å². The van der Waals surface area contributed by atoms with Gasteiger partial charge in [-0.25, -0.2) is 0 Å². The van der Waals surface area contributed by atoms with E-state index in [0.717, 1.165) is 11.4 Å². The van der Waals surface area contributed by atoms with Crippen molar-refractivity contribution >= 4 is 5.78 Å². The van der Waals surface area contributed by atoms with Crippen molar-refractivity contribution in [2.24, 2.45) is 0 Å². The van der Waals surface area contributed by atoms with Gasteiger partial charge in [0.15, 0.2) is 18.0 Å². The number of nitrogens with zero attached hydrogens (tertiary/aromatic N) is 1. The molecule has 1 aromatic heterocycles. The maximum atomic E-state index is 12.6. The summed E-state index contributed by atoms with van der Waals surface area (Å²) < 4.78 is 12.9. The van der Waals surface area contributed by atoms with Crippen LogP contribution in [0.5, 0.6) is 5.75 Å². The molecule has 1 saturated carbocycles. The highest BCUT2D eigenvalue weighted by molar-refractivity contribution is 5.96. The van der Waals surface area contributed by atoms with Gasteiger partial charge in [0.2, 0.25) is 0 Å². The van der Waals surface area contributed by atoms with Crippen LogP contribution in [0.15, 0.2) is 41.2 Å². The van der Waals surface area contributed by atoms with Crippen molar-refractivity contribution in [3.05, 3.63) is 63.6 Å². The minimum atomic E-state index is -0.263. The van der Waals surface area contributed by atoms with Gasteiger partial charge in [0, 0.05) is 29.1 Å². The maximum Gasteiger partial charge on any atom is 0.189 e. The van der Waals surface area contributed by atoms with Crippen LogP contribution >= 0.6 is 0 Å². The second kappa shape index (κ2) is 7.85. The highest BCUT2D eigenvalue weighted by atomic mass is 16.7. The molecule has 1 aliphatic rings. The number of carbonyl (C=O) groups is 1. The van der Waals surface area contributed by atoms with Gasteiger partial charge in [-0.05, 0) is 38.8 Å². The van der Waals surface area contributed by atoms with Gasteiger partial charge in [0.05, 0.1) is 18.8 Å². The van der Waals surface area contributed by atoms with Crippen LogP contribution in [0.4, 0.5) is 0 Å². The first-order chi connectivity index (χ1) is 12.4. The maximum absolute atomic E-state index is 12.6. The van der Waals surface area contributed by atoms with E-state index in [1.54, 1.807) is 24.3 Å². The largest absolute Gasteiger partial charge is 0.468 e. The summed E-state index contributed by atoms with van der Waals surface area (Å²) in [7, 11) is 0. The molecule has 1 aromatic carbocycles. The number of Topliss-reactive ketones (excluding diaryl/α,β-unsaturated/α-hetero) is 1. The molecule has 0 amide bonds. The second-order valence-electron chi connectivity index (χ2n) is 6.69. The lowest BCUT2D eigenvalue weighted by atomic mass is 9.92. The van der Waals surface area contributed by atoms with Crippen molar-refractivity contribution in [2.75, 3.05) is 6.79 Å². The fourth-order valence-electron chi connectivity index (χ4n) is 3.00. The van der Waals surface area contributed by atoms with Crippen molar-refractivity contribution in [3.8, 4) is 5.75 Å². The molecule has 0 spiro atoms. The summed E-state index contributed by atoms with van der Waals surface area (Å²) in [5.74, 6) is 0.498. The van der Waals surface area contributed by atoms with E-state index in [-0.39, 0.29) is 36.8 Å². The monoisotopic (exact) mass is 357 g/mol. The number of hydrogen-bond acceptors (Lipinski definition) is 5. The van der Waals surface area contributed by atoms with E-state index in [4.69, 9.17) is 9.47 Å². The Morgan fingerprint density at radius 2 is 1.88 bits per heavy atom. The molecule has 0 saturated heterocycles. The van der Waals surface area contributed by atoms with Crippen LogP contribution in [-0.4, -0.2) is 34.5 Å². The fraction of sp³-hybridized carbons (Fsp3) is 0.400. The van der Waals surface area contributed by atoms with Crippen LogP contribution in [0, 0.1) is 13.8 Å². The van der Waals surface area contributed by atoms with Gasteiger partial charge in [-0.3, -0.25) is 9.59 Å². The van der Waals surface area contributed by atoms with E-state index in [1.165, 1.54) is 12.1 Å². The highest BCUT2D eigenvalue weighted by Gasteiger charge is 2.27. The van der Waals surface area contributed by atoms with Crippen LogP contribution in [0.3, 0.4) is 0 Å². The zero-order valence-corrected chi connectivity index (χ0v) is 15.0. The number of aryl methyl sites for hydroxylation is 2. The van der Waals surface area contributed by atoms with E-state index in [9.17, 15) is 14.7 Å². The number of ketones is 1. The Kier molecular flexibility index (Phi) is 5.54. The smallest absolute Gasteiger partial charge is 0.189 e. The minimum Gasteiger partial charge on any atom is -0.468 e. The lowest BCUT2D eigenvalue weighted by molar-refractivity contribution is -0.112. The Hall–Kier alpha value is -2.44. The third-order valence-corrected chi connectivity index (χ3v) is 4.61. The first-order valence-electron chi connectivity index (χ1n) is 8.66. The topological polar surface area (TPSA) is 77.8 Å². The number of aliphatic hydroxyl groups excluding tert-OH is 1. The van der Waals surface area contributed by atoms with Gasteiger partial charge in [-0.1, -0.05) is 12.1 Å². The Morgan fingerprint density at radius 3 is 2.54 bits per heavy atom. The van der Waals surface area contributed by atoms with E-state index in [2.05, 4.69) is 0 Å². The normalized spacial score (nSPS) is 19.0. The SMILES string of the molecule is Cc1cc(=O)cc(C)n1CC(=O)c1cccc(OCOC2CC(O)C2)c1. The summed E-state index contributed by atoms with van der Waals surface area (Å²) in [4.78, 5) is 24.1.